The zero-order valence-corrected chi connectivity index (χ0v) is 20.8. The number of halogens is 1. The smallest absolute Gasteiger partial charge is 0.130 e. The Morgan fingerprint density at radius 2 is 2.17 bits per heavy atom. The molecule has 11 heteroatoms. The normalized spacial score (nSPS) is 17.6. The van der Waals surface area contributed by atoms with Crippen LogP contribution in [0.2, 0.25) is 0 Å². The van der Waals surface area contributed by atoms with Crippen LogP contribution in [0, 0.1) is 6.92 Å². The average molecular weight is 553 g/mol. The number of aryl methyl sites for hydroxylation is 2. The molecule has 5 heterocycles. The molecule has 5 rings (SSSR count). The summed E-state index contributed by atoms with van der Waals surface area (Å²) in [4.78, 5) is 7.44. The molecule has 1 aliphatic heterocycles. The van der Waals surface area contributed by atoms with E-state index < -0.39 is 0 Å². The maximum absolute atomic E-state index is 5.65. The first-order valence-electron chi connectivity index (χ1n) is 9.63. The summed E-state index contributed by atoms with van der Waals surface area (Å²) >= 11 is 3.84. The molecule has 1 unspecified atom stereocenters. The largest absolute Gasteiger partial charge is 0.377 e. The van der Waals surface area contributed by atoms with Crippen LogP contribution in [0.25, 0.3) is 32.9 Å². The third-order valence-corrected chi connectivity index (χ3v) is 8.07. The van der Waals surface area contributed by atoms with E-state index in [9.17, 15) is 0 Å². The van der Waals surface area contributed by atoms with Crippen LogP contribution in [-0.4, -0.2) is 54.5 Å². The van der Waals surface area contributed by atoms with Gasteiger partial charge in [0.2, 0.25) is 0 Å². The zero-order valence-electron chi connectivity index (χ0n) is 16.8. The van der Waals surface area contributed by atoms with Crippen molar-refractivity contribution in [2.45, 2.75) is 19.9 Å². The average Bonchev–Trinajstić information content (AvgIpc) is 3.45. The Morgan fingerprint density at radius 1 is 1.30 bits per heavy atom. The SMILES string of the molecule is Cc1cc(-c2nsc3c(-c4ccnn4C)cc(N4CCOC[C@H]4C)nc23)n(PI)n1. The summed E-state index contributed by atoms with van der Waals surface area (Å²) in [7, 11) is 1.97. The Bertz CT molecular complexity index is 1220. The van der Waals surface area contributed by atoms with Gasteiger partial charge in [0.25, 0.3) is 0 Å². The summed E-state index contributed by atoms with van der Waals surface area (Å²) in [6.07, 6.45) is 2.33. The lowest BCUT2D eigenvalue weighted by atomic mass is 10.1. The van der Waals surface area contributed by atoms with Crippen molar-refractivity contribution in [3.05, 3.63) is 30.1 Å². The molecule has 0 amide bonds. The van der Waals surface area contributed by atoms with E-state index in [2.05, 4.69) is 56.2 Å². The quantitative estimate of drug-likeness (QED) is 0.278. The van der Waals surface area contributed by atoms with E-state index in [4.69, 9.17) is 14.1 Å². The lowest BCUT2D eigenvalue weighted by Crippen LogP contribution is -2.44. The van der Waals surface area contributed by atoms with Crippen LogP contribution in [0.3, 0.4) is 0 Å². The molecule has 4 aromatic rings. The van der Waals surface area contributed by atoms with Gasteiger partial charge >= 0.3 is 0 Å². The van der Waals surface area contributed by atoms with Crippen molar-refractivity contribution in [2.75, 3.05) is 24.7 Å². The van der Waals surface area contributed by atoms with Crippen LogP contribution in [0.4, 0.5) is 5.82 Å². The monoisotopic (exact) mass is 553 g/mol. The van der Waals surface area contributed by atoms with Gasteiger partial charge in [-0.1, -0.05) is 0 Å². The second kappa shape index (κ2) is 8.14. The standard InChI is InChI=1S/C19H21IN7OPS/c1-11-8-15(27(23-11)29-20)17-18-19(30-24-17)13(14-4-5-21-25(14)3)9-16(22-18)26-6-7-28-10-12(26)2/h4-5,8-9,12,29H,6-7,10H2,1-3H3/t12-/m1/s1. The first-order valence-corrected chi connectivity index (χ1v) is 14.5. The van der Waals surface area contributed by atoms with Crippen molar-refractivity contribution in [1.29, 1.82) is 0 Å². The molecule has 1 aliphatic rings. The van der Waals surface area contributed by atoms with E-state index in [1.165, 1.54) is 11.5 Å². The maximum Gasteiger partial charge on any atom is 0.130 e. The van der Waals surface area contributed by atoms with Crippen molar-refractivity contribution in [1.82, 2.24) is 28.7 Å². The van der Waals surface area contributed by atoms with Crippen LogP contribution >= 0.6 is 39.9 Å². The van der Waals surface area contributed by atoms with E-state index in [1.807, 2.05) is 35.4 Å². The third-order valence-electron chi connectivity index (χ3n) is 5.32. The predicted molar refractivity (Wildman–Crippen MR) is 131 cm³/mol. The van der Waals surface area contributed by atoms with Crippen molar-refractivity contribution < 1.29 is 4.74 Å². The summed E-state index contributed by atoms with van der Waals surface area (Å²) in [6.45, 7) is 6.43. The fraction of sp³-hybridized carbons (Fsp3) is 0.368. The van der Waals surface area contributed by atoms with Gasteiger partial charge in [-0.2, -0.15) is 14.6 Å². The number of ether oxygens (including phenoxy) is 1. The lowest BCUT2D eigenvalue weighted by molar-refractivity contribution is 0.0986. The van der Waals surface area contributed by atoms with Crippen LogP contribution in [0.5, 0.6) is 0 Å². The van der Waals surface area contributed by atoms with E-state index in [-0.39, 0.29) is 6.04 Å². The van der Waals surface area contributed by atoms with Gasteiger partial charge in [0.05, 0.1) is 47.4 Å². The van der Waals surface area contributed by atoms with Gasteiger partial charge < -0.3 is 9.64 Å². The Kier molecular flexibility index (Phi) is 5.51. The summed E-state index contributed by atoms with van der Waals surface area (Å²) in [5, 5.41) is 9.01. The third kappa shape index (κ3) is 3.43. The fourth-order valence-electron chi connectivity index (χ4n) is 3.85. The van der Waals surface area contributed by atoms with E-state index >= 15 is 0 Å². The number of anilines is 1. The van der Waals surface area contributed by atoms with Crippen molar-refractivity contribution in [3.63, 3.8) is 0 Å². The molecule has 1 fully saturated rings. The molecule has 4 aromatic heterocycles. The highest BCUT2D eigenvalue weighted by atomic mass is 127. The number of nitrogens with zero attached hydrogens (tertiary/aromatic N) is 7. The second-order valence-corrected chi connectivity index (χ2v) is 10.2. The van der Waals surface area contributed by atoms with Crippen LogP contribution in [0.1, 0.15) is 12.6 Å². The molecule has 0 saturated carbocycles. The van der Waals surface area contributed by atoms with E-state index in [0.29, 0.717) is 19.6 Å². The Labute approximate surface area is 193 Å². The topological polar surface area (TPSA) is 73.9 Å². The van der Waals surface area contributed by atoms with Crippen molar-refractivity contribution >= 4 is 56.0 Å². The minimum absolute atomic E-state index is 0.265. The molecule has 156 valence electrons. The van der Waals surface area contributed by atoms with Gasteiger partial charge in [0, 0.05) is 25.4 Å². The minimum atomic E-state index is 0.265. The Hall–Kier alpha value is -1.62. The number of rotatable bonds is 4. The maximum atomic E-state index is 5.65. The molecule has 2 atom stereocenters. The van der Waals surface area contributed by atoms with Gasteiger partial charge in [-0.05, 0) is 65.6 Å². The summed E-state index contributed by atoms with van der Waals surface area (Å²) < 4.78 is 15.5. The zero-order chi connectivity index (χ0) is 20.8. The van der Waals surface area contributed by atoms with Gasteiger partial charge in [0.15, 0.2) is 0 Å². The molecule has 0 radical (unpaired) electrons. The van der Waals surface area contributed by atoms with Crippen LogP contribution in [0.15, 0.2) is 24.4 Å². The molecule has 30 heavy (non-hydrogen) atoms. The number of fused-ring (bicyclic) bond motifs is 1. The Morgan fingerprint density at radius 3 is 2.90 bits per heavy atom. The first-order chi connectivity index (χ1) is 14.6. The minimum Gasteiger partial charge on any atom is -0.377 e. The number of aromatic nitrogens is 6. The molecule has 0 bridgehead atoms. The molecule has 0 spiro atoms. The van der Waals surface area contributed by atoms with Gasteiger partial charge in [-0.15, -0.1) is 0 Å². The molecule has 0 aromatic carbocycles. The van der Waals surface area contributed by atoms with Crippen molar-refractivity contribution in [3.8, 4) is 22.6 Å². The number of hydrogen-bond acceptors (Lipinski definition) is 7. The molecular weight excluding hydrogens is 532 g/mol. The molecule has 8 nitrogen and oxygen atoms in total. The lowest BCUT2D eigenvalue weighted by Gasteiger charge is -2.34. The summed E-state index contributed by atoms with van der Waals surface area (Å²) in [5.74, 6) is 0.954. The fourth-order valence-corrected chi connectivity index (χ4v) is 6.26. The molecule has 0 aliphatic carbocycles. The van der Waals surface area contributed by atoms with Crippen LogP contribution < -0.4 is 4.90 Å². The first kappa shape index (κ1) is 20.3. The van der Waals surface area contributed by atoms with Crippen LogP contribution in [-0.2, 0) is 11.8 Å². The number of morpholine rings is 1. The highest BCUT2D eigenvalue weighted by Crippen LogP contribution is 2.40. The number of pyridine rings is 1. The Balaban J connectivity index is 1.76. The second-order valence-electron chi connectivity index (χ2n) is 7.36. The van der Waals surface area contributed by atoms with Crippen molar-refractivity contribution in [2.24, 2.45) is 7.05 Å². The van der Waals surface area contributed by atoms with Gasteiger partial charge in [0.1, 0.15) is 17.0 Å². The summed E-state index contributed by atoms with van der Waals surface area (Å²) in [6, 6.07) is 6.57. The molecule has 1 saturated heterocycles. The van der Waals surface area contributed by atoms with E-state index in [0.717, 1.165) is 50.9 Å². The van der Waals surface area contributed by atoms with Gasteiger partial charge in [-0.25, -0.2) is 9.44 Å². The summed E-state index contributed by atoms with van der Waals surface area (Å²) in [5.41, 5.74) is 5.98. The predicted octanol–water partition coefficient (Wildman–Crippen LogP) is 4.28. The van der Waals surface area contributed by atoms with E-state index in [1.54, 1.807) is 0 Å². The molecular formula is C19H21IN7OPS. The number of hydrogen-bond donors (Lipinski definition) is 0. The van der Waals surface area contributed by atoms with Gasteiger partial charge in [-0.3, -0.25) is 4.68 Å². The highest BCUT2D eigenvalue weighted by molar-refractivity contribution is 14.2. The highest BCUT2D eigenvalue weighted by Gasteiger charge is 2.25. The molecule has 0 N–H and O–H groups in total.